The van der Waals surface area contributed by atoms with Crippen molar-refractivity contribution >= 4 is 52.3 Å². The van der Waals surface area contributed by atoms with Crippen LogP contribution in [0.25, 0.3) is 10.8 Å². The topological polar surface area (TPSA) is 272 Å². The van der Waals surface area contributed by atoms with E-state index in [1.807, 2.05) is 60.7 Å². The molecule has 0 spiro atoms. The summed E-state index contributed by atoms with van der Waals surface area (Å²) in [5, 5.41) is 17.4. The lowest BCUT2D eigenvalue weighted by Gasteiger charge is -2.23. The summed E-state index contributed by atoms with van der Waals surface area (Å²) in [6, 6.07) is 18.2. The third-order valence-electron chi connectivity index (χ3n) is 6.66. The number of nitrogens with zero attached hydrogens (tertiary/aromatic N) is 2. The van der Waals surface area contributed by atoms with Crippen LogP contribution in [0.3, 0.4) is 0 Å². The van der Waals surface area contributed by atoms with Gasteiger partial charge in [0.15, 0.2) is 11.9 Å². The van der Waals surface area contributed by atoms with Crippen molar-refractivity contribution < 1.29 is 33.8 Å². The van der Waals surface area contributed by atoms with Gasteiger partial charge in [0.25, 0.3) is 5.97 Å². The van der Waals surface area contributed by atoms with Crippen molar-refractivity contribution in [2.24, 2.45) is 32.9 Å². The highest BCUT2D eigenvalue weighted by atomic mass is 16.5. The maximum Gasteiger partial charge on any atom is 0.408 e. The molecule has 0 aliphatic rings. The second-order valence-corrected chi connectivity index (χ2v) is 10.6. The number of guanidine groups is 2. The molecule has 16 heteroatoms. The number of aliphatic carboxylic acids is 1. The molecule has 0 bridgehead atoms. The zero-order chi connectivity index (χ0) is 36.2. The van der Waals surface area contributed by atoms with Crippen LogP contribution in [0.1, 0.15) is 38.2 Å². The lowest BCUT2D eigenvalue weighted by atomic mass is 10.1. The molecule has 3 rings (SSSR count). The Hall–Kier alpha value is -6.06. The van der Waals surface area contributed by atoms with Gasteiger partial charge in [-0.1, -0.05) is 54.6 Å². The Bertz CT molecular complexity index is 1590. The van der Waals surface area contributed by atoms with Crippen molar-refractivity contribution in [3.05, 3.63) is 72.3 Å². The van der Waals surface area contributed by atoms with Gasteiger partial charge in [-0.2, -0.15) is 0 Å². The van der Waals surface area contributed by atoms with Gasteiger partial charge in [0.2, 0.25) is 11.8 Å². The average molecular weight is 680 g/mol. The zero-order valence-electron chi connectivity index (χ0n) is 27.6. The van der Waals surface area contributed by atoms with Gasteiger partial charge >= 0.3 is 6.09 Å². The molecule has 0 saturated heterocycles. The molecule has 2 atom stereocenters. The summed E-state index contributed by atoms with van der Waals surface area (Å²) < 4.78 is 10.8. The number of alkyl carbamates (subject to hydrolysis) is 1. The molecule has 0 heterocycles. The summed E-state index contributed by atoms with van der Waals surface area (Å²) in [6.07, 6.45) is 0.343. The number of benzene rings is 3. The Balaban J connectivity index is 0.00000197. The van der Waals surface area contributed by atoms with E-state index in [0.29, 0.717) is 24.3 Å². The van der Waals surface area contributed by atoms with Crippen LogP contribution in [0.5, 0.6) is 5.75 Å². The first-order chi connectivity index (χ1) is 23.4. The number of hydrogen-bond acceptors (Lipinski definition) is 8. The fourth-order valence-corrected chi connectivity index (χ4v) is 4.47. The highest BCUT2D eigenvalue weighted by Gasteiger charge is 2.27. The van der Waals surface area contributed by atoms with Crippen molar-refractivity contribution in [2.45, 2.75) is 51.3 Å². The molecule has 0 aliphatic carbocycles. The monoisotopic (exact) mass is 679 g/mol. The SMILES string of the molecule is CC(=O)O.COc1cc(NC(=O)[C@H](CCCN=C(N)N)NC(=O)[C@H](CCCN=C(N)N)NC(=O)OCc2ccccc2)cc2ccccc12. The van der Waals surface area contributed by atoms with Crippen LogP contribution in [0.4, 0.5) is 10.5 Å². The van der Waals surface area contributed by atoms with E-state index in [0.717, 1.165) is 23.3 Å². The van der Waals surface area contributed by atoms with Gasteiger partial charge in [-0.25, -0.2) is 4.79 Å². The van der Waals surface area contributed by atoms with E-state index >= 15 is 0 Å². The lowest BCUT2D eigenvalue weighted by Crippen LogP contribution is -2.52. The molecule has 0 saturated carbocycles. The van der Waals surface area contributed by atoms with E-state index in [2.05, 4.69) is 25.9 Å². The summed E-state index contributed by atoms with van der Waals surface area (Å²) in [5.41, 5.74) is 23.0. The van der Waals surface area contributed by atoms with E-state index in [-0.39, 0.29) is 44.5 Å². The number of nitrogens with two attached hydrogens (primary N) is 4. The van der Waals surface area contributed by atoms with Crippen molar-refractivity contribution in [3.8, 4) is 5.75 Å². The molecule has 0 radical (unpaired) electrons. The Morgan fingerprint density at radius 3 is 1.92 bits per heavy atom. The number of fused-ring (bicyclic) bond motifs is 1. The molecule has 12 N–H and O–H groups in total. The molecule has 264 valence electrons. The molecule has 16 nitrogen and oxygen atoms in total. The first-order valence-corrected chi connectivity index (χ1v) is 15.3. The van der Waals surface area contributed by atoms with Crippen LogP contribution in [0.15, 0.2) is 76.7 Å². The van der Waals surface area contributed by atoms with Gasteiger partial charge in [-0.05, 0) is 42.7 Å². The van der Waals surface area contributed by atoms with Crippen LogP contribution in [-0.2, 0) is 25.7 Å². The van der Waals surface area contributed by atoms with Crippen LogP contribution in [-0.4, -0.2) is 73.2 Å². The number of carbonyl (C=O) groups excluding carboxylic acids is 3. The van der Waals surface area contributed by atoms with Crippen LogP contribution < -0.4 is 43.6 Å². The molecule has 3 aromatic carbocycles. The number of methoxy groups -OCH3 is 1. The standard InChI is InChI=1S/C31H41N9O5.C2H4O2/c1-44-26-18-22(17-21-11-5-6-12-23(21)26)38-27(41)24(13-7-15-36-29(32)33)39-28(42)25(14-8-16-37-30(34)35)40-31(43)45-19-20-9-3-2-4-10-20;1-2(3)4/h2-6,9-12,17-18,24-25H,7-8,13-16,19H2,1H3,(H,38,41)(H,39,42)(H,40,43)(H4,32,33,36)(H4,34,35,37);1H3,(H,3,4)/t24-,25-;/m0./s1. The minimum absolute atomic E-state index is 0.0139. The second-order valence-electron chi connectivity index (χ2n) is 10.6. The highest BCUT2D eigenvalue weighted by Crippen LogP contribution is 2.30. The summed E-state index contributed by atoms with van der Waals surface area (Å²) in [7, 11) is 1.55. The number of rotatable bonds is 16. The number of aliphatic imine (C=N–C) groups is 2. The number of anilines is 1. The summed E-state index contributed by atoms with van der Waals surface area (Å²) in [4.78, 5) is 56.6. The lowest BCUT2D eigenvalue weighted by molar-refractivity contribution is -0.134. The molecule has 0 aliphatic heterocycles. The van der Waals surface area contributed by atoms with E-state index in [4.69, 9.17) is 42.3 Å². The van der Waals surface area contributed by atoms with Crippen LogP contribution in [0, 0.1) is 0 Å². The van der Waals surface area contributed by atoms with Crippen molar-refractivity contribution in [2.75, 3.05) is 25.5 Å². The van der Waals surface area contributed by atoms with Gasteiger partial charge in [0, 0.05) is 37.2 Å². The molecule has 0 unspecified atom stereocenters. The van der Waals surface area contributed by atoms with Gasteiger partial charge in [-0.15, -0.1) is 0 Å². The fourth-order valence-electron chi connectivity index (χ4n) is 4.47. The van der Waals surface area contributed by atoms with E-state index in [1.54, 1.807) is 13.2 Å². The summed E-state index contributed by atoms with van der Waals surface area (Å²) >= 11 is 0. The predicted molar refractivity (Wildman–Crippen MR) is 188 cm³/mol. The fraction of sp³-hybridized carbons (Fsp3) is 0.333. The Kier molecular flexibility index (Phi) is 16.7. The third-order valence-corrected chi connectivity index (χ3v) is 6.66. The molecular formula is C33H45N9O7. The molecule has 3 amide bonds. The molecule has 49 heavy (non-hydrogen) atoms. The second kappa shape index (κ2) is 20.9. The largest absolute Gasteiger partial charge is 0.496 e. The van der Waals surface area contributed by atoms with E-state index in [1.165, 1.54) is 0 Å². The Morgan fingerprint density at radius 2 is 1.35 bits per heavy atom. The summed E-state index contributed by atoms with van der Waals surface area (Å²) in [5.74, 6) is -1.49. The maximum absolute atomic E-state index is 13.5. The van der Waals surface area contributed by atoms with Crippen molar-refractivity contribution in [1.29, 1.82) is 0 Å². The van der Waals surface area contributed by atoms with Gasteiger partial charge in [-0.3, -0.25) is 24.4 Å². The van der Waals surface area contributed by atoms with E-state index < -0.39 is 36.0 Å². The Morgan fingerprint density at radius 1 is 0.796 bits per heavy atom. The normalized spacial score (nSPS) is 11.4. The minimum atomic E-state index is -1.05. The number of carbonyl (C=O) groups is 4. The number of hydrogen-bond donors (Lipinski definition) is 8. The summed E-state index contributed by atoms with van der Waals surface area (Å²) in [6.45, 7) is 1.58. The van der Waals surface area contributed by atoms with E-state index in [9.17, 15) is 14.4 Å². The predicted octanol–water partition coefficient (Wildman–Crippen LogP) is 1.76. The smallest absolute Gasteiger partial charge is 0.408 e. The molecule has 0 fully saturated rings. The van der Waals surface area contributed by atoms with Crippen LogP contribution in [0.2, 0.25) is 0 Å². The first-order valence-electron chi connectivity index (χ1n) is 15.3. The first kappa shape index (κ1) is 39.1. The number of ether oxygens (including phenoxy) is 2. The van der Waals surface area contributed by atoms with Crippen LogP contribution >= 0.6 is 0 Å². The number of amides is 3. The van der Waals surface area contributed by atoms with Crippen molar-refractivity contribution in [1.82, 2.24) is 10.6 Å². The highest BCUT2D eigenvalue weighted by molar-refractivity contribution is 6.01. The molecular weight excluding hydrogens is 634 g/mol. The van der Waals surface area contributed by atoms with Gasteiger partial charge in [0.1, 0.15) is 24.4 Å². The zero-order valence-corrected chi connectivity index (χ0v) is 27.6. The third kappa shape index (κ3) is 15.4. The van der Waals surface area contributed by atoms with Gasteiger partial charge in [0.05, 0.1) is 7.11 Å². The Labute approximate surface area is 284 Å². The quantitative estimate of drug-likeness (QED) is 0.0614. The maximum atomic E-state index is 13.5. The van der Waals surface area contributed by atoms with Crippen molar-refractivity contribution in [3.63, 3.8) is 0 Å². The van der Waals surface area contributed by atoms with Gasteiger partial charge < -0.3 is 53.5 Å². The number of carboxylic acids is 1. The number of carboxylic acid groups (broad SMARTS) is 1. The molecule has 0 aromatic heterocycles. The number of nitrogens with one attached hydrogen (secondary N) is 3. The molecule has 3 aromatic rings. The average Bonchev–Trinajstić information content (AvgIpc) is 3.06. The minimum Gasteiger partial charge on any atom is -0.496 e.